The Kier molecular flexibility index (Phi) is 7.69. The van der Waals surface area contributed by atoms with Crippen molar-refractivity contribution in [2.24, 2.45) is 0 Å². The van der Waals surface area contributed by atoms with E-state index in [9.17, 15) is 4.79 Å². The Balaban J connectivity index is 1.58. The molecule has 170 valence electrons. The van der Waals surface area contributed by atoms with Gasteiger partial charge in [0.1, 0.15) is 0 Å². The third-order valence-corrected chi connectivity index (χ3v) is 6.48. The first kappa shape index (κ1) is 22.9. The zero-order valence-corrected chi connectivity index (χ0v) is 19.7. The minimum absolute atomic E-state index is 0.101. The third-order valence-electron chi connectivity index (χ3n) is 6.48. The average molecular weight is 440 g/mol. The monoisotopic (exact) mass is 439 g/mol. The molecular weight excluding hydrogens is 406 g/mol. The van der Waals surface area contributed by atoms with E-state index in [0.717, 1.165) is 51.1 Å². The van der Waals surface area contributed by atoms with E-state index in [-0.39, 0.29) is 5.91 Å². The summed E-state index contributed by atoms with van der Waals surface area (Å²) in [6, 6.07) is 23.0. The molecule has 0 aliphatic carbocycles. The first-order chi connectivity index (χ1) is 16.2. The standard InChI is InChI=1S/C29H33N3O/c1-3-32(4-2)29(33)27-14-12-25(13-15-27)28(24-10-6-5-7-11-24)26-16-19-31(20-17-26)22-23-9-8-18-30-21-23/h5-15,18,21H,3-4,16-17,19-20,22H2,1-2H3. The lowest BCUT2D eigenvalue weighted by Crippen LogP contribution is -2.30. The molecule has 4 nitrogen and oxygen atoms in total. The van der Waals surface area contributed by atoms with Crippen molar-refractivity contribution in [2.45, 2.75) is 33.2 Å². The Hall–Kier alpha value is -3.24. The van der Waals surface area contributed by atoms with Gasteiger partial charge in [0.05, 0.1) is 0 Å². The fourth-order valence-electron chi connectivity index (χ4n) is 4.63. The number of pyridine rings is 1. The largest absolute Gasteiger partial charge is 0.339 e. The number of carbonyl (C=O) groups is 1. The summed E-state index contributed by atoms with van der Waals surface area (Å²) in [6.07, 6.45) is 5.88. The van der Waals surface area contributed by atoms with E-state index in [1.165, 1.54) is 27.8 Å². The van der Waals surface area contributed by atoms with Gasteiger partial charge in [-0.3, -0.25) is 14.7 Å². The first-order valence-electron chi connectivity index (χ1n) is 12.0. The summed E-state index contributed by atoms with van der Waals surface area (Å²) in [5.41, 5.74) is 7.27. The molecule has 0 atom stereocenters. The number of aromatic nitrogens is 1. The van der Waals surface area contributed by atoms with Crippen LogP contribution >= 0.6 is 0 Å². The molecule has 2 aromatic carbocycles. The number of hydrogen-bond acceptors (Lipinski definition) is 3. The molecule has 4 heteroatoms. The number of hydrogen-bond donors (Lipinski definition) is 0. The first-order valence-corrected chi connectivity index (χ1v) is 12.0. The molecule has 0 spiro atoms. The van der Waals surface area contributed by atoms with Gasteiger partial charge in [-0.1, -0.05) is 54.1 Å². The quantitative estimate of drug-likeness (QED) is 0.476. The molecule has 0 N–H and O–H groups in total. The van der Waals surface area contributed by atoms with Crippen LogP contribution in [0.5, 0.6) is 0 Å². The fraction of sp³-hybridized carbons (Fsp3) is 0.310. The van der Waals surface area contributed by atoms with Gasteiger partial charge in [0, 0.05) is 50.7 Å². The van der Waals surface area contributed by atoms with Gasteiger partial charge < -0.3 is 4.90 Å². The second-order valence-electron chi connectivity index (χ2n) is 8.54. The predicted molar refractivity (Wildman–Crippen MR) is 135 cm³/mol. The van der Waals surface area contributed by atoms with Crippen LogP contribution in [0.4, 0.5) is 0 Å². The summed E-state index contributed by atoms with van der Waals surface area (Å²) in [4.78, 5) is 21.4. The Morgan fingerprint density at radius 3 is 2.09 bits per heavy atom. The number of likely N-dealkylation sites (tertiary alicyclic amines) is 1. The van der Waals surface area contributed by atoms with E-state index < -0.39 is 0 Å². The third kappa shape index (κ3) is 5.58. The SMILES string of the molecule is CCN(CC)C(=O)c1ccc(C(=C2CCN(Cc3cccnc3)CC2)c2ccccc2)cc1. The van der Waals surface area contributed by atoms with Gasteiger partial charge in [-0.15, -0.1) is 0 Å². The van der Waals surface area contributed by atoms with Gasteiger partial charge in [-0.05, 0) is 67.2 Å². The van der Waals surface area contributed by atoms with Crippen LogP contribution in [0.15, 0.2) is 84.7 Å². The minimum atomic E-state index is 0.101. The highest BCUT2D eigenvalue weighted by Gasteiger charge is 2.20. The van der Waals surface area contributed by atoms with Gasteiger partial charge in [0.15, 0.2) is 0 Å². The molecule has 33 heavy (non-hydrogen) atoms. The van der Waals surface area contributed by atoms with Gasteiger partial charge in [0.2, 0.25) is 0 Å². The van der Waals surface area contributed by atoms with Crippen molar-refractivity contribution in [1.29, 1.82) is 0 Å². The number of carbonyl (C=O) groups excluding carboxylic acids is 1. The van der Waals surface area contributed by atoms with Crippen molar-refractivity contribution in [3.8, 4) is 0 Å². The Bertz CT molecular complexity index is 1060. The Morgan fingerprint density at radius 1 is 0.848 bits per heavy atom. The van der Waals surface area contributed by atoms with Crippen molar-refractivity contribution in [1.82, 2.24) is 14.8 Å². The lowest BCUT2D eigenvalue weighted by Gasteiger charge is -2.30. The maximum Gasteiger partial charge on any atom is 0.253 e. The van der Waals surface area contributed by atoms with Crippen molar-refractivity contribution >= 4 is 11.5 Å². The van der Waals surface area contributed by atoms with Crippen LogP contribution in [0.3, 0.4) is 0 Å². The summed E-state index contributed by atoms with van der Waals surface area (Å²) < 4.78 is 0. The smallest absolute Gasteiger partial charge is 0.253 e. The predicted octanol–water partition coefficient (Wildman–Crippen LogP) is 5.66. The molecule has 0 radical (unpaired) electrons. The highest BCUT2D eigenvalue weighted by atomic mass is 16.2. The van der Waals surface area contributed by atoms with E-state index in [4.69, 9.17) is 0 Å². The highest BCUT2D eigenvalue weighted by molar-refractivity contribution is 5.95. The fourth-order valence-corrected chi connectivity index (χ4v) is 4.63. The lowest BCUT2D eigenvalue weighted by atomic mass is 9.88. The van der Waals surface area contributed by atoms with Crippen LogP contribution in [0.1, 0.15) is 53.7 Å². The van der Waals surface area contributed by atoms with Crippen LogP contribution < -0.4 is 0 Å². The van der Waals surface area contributed by atoms with Crippen LogP contribution in [0.25, 0.3) is 5.57 Å². The number of rotatable bonds is 7. The lowest BCUT2D eigenvalue weighted by molar-refractivity contribution is 0.0773. The summed E-state index contributed by atoms with van der Waals surface area (Å²) >= 11 is 0. The average Bonchev–Trinajstić information content (AvgIpc) is 2.88. The van der Waals surface area contributed by atoms with Crippen molar-refractivity contribution in [3.05, 3.63) is 107 Å². The van der Waals surface area contributed by atoms with Gasteiger partial charge in [-0.2, -0.15) is 0 Å². The second kappa shape index (κ2) is 11.1. The summed E-state index contributed by atoms with van der Waals surface area (Å²) in [5, 5.41) is 0. The highest BCUT2D eigenvalue weighted by Crippen LogP contribution is 2.33. The summed E-state index contributed by atoms with van der Waals surface area (Å²) in [7, 11) is 0. The summed E-state index contributed by atoms with van der Waals surface area (Å²) in [6.45, 7) is 8.53. The molecule has 1 amide bonds. The van der Waals surface area contributed by atoms with Gasteiger partial charge in [0.25, 0.3) is 5.91 Å². The molecule has 4 rings (SSSR count). The molecule has 0 saturated carbocycles. The number of nitrogens with zero attached hydrogens (tertiary/aromatic N) is 3. The van der Waals surface area contributed by atoms with E-state index in [1.807, 2.05) is 49.3 Å². The second-order valence-corrected chi connectivity index (χ2v) is 8.54. The van der Waals surface area contributed by atoms with Crippen LogP contribution in [0, 0.1) is 0 Å². The summed E-state index contributed by atoms with van der Waals surface area (Å²) in [5.74, 6) is 0.101. The van der Waals surface area contributed by atoms with E-state index in [0.29, 0.717) is 0 Å². The molecule has 1 aliphatic rings. The molecule has 0 unspecified atom stereocenters. The van der Waals surface area contributed by atoms with E-state index >= 15 is 0 Å². The normalized spacial score (nSPS) is 14.2. The van der Waals surface area contributed by atoms with Crippen molar-refractivity contribution in [3.63, 3.8) is 0 Å². The molecule has 0 bridgehead atoms. The molecule has 1 aliphatic heterocycles. The number of benzene rings is 2. The van der Waals surface area contributed by atoms with Crippen LogP contribution in [-0.4, -0.2) is 46.9 Å². The van der Waals surface area contributed by atoms with Crippen molar-refractivity contribution in [2.75, 3.05) is 26.2 Å². The van der Waals surface area contributed by atoms with Crippen molar-refractivity contribution < 1.29 is 4.79 Å². The maximum atomic E-state index is 12.7. The number of piperidine rings is 1. The zero-order chi connectivity index (χ0) is 23.0. The van der Waals surface area contributed by atoms with Crippen LogP contribution in [0.2, 0.25) is 0 Å². The van der Waals surface area contributed by atoms with Gasteiger partial charge in [-0.25, -0.2) is 0 Å². The Labute approximate surface area is 197 Å². The minimum Gasteiger partial charge on any atom is -0.339 e. The molecular formula is C29H33N3O. The molecule has 1 aromatic heterocycles. The number of amides is 1. The molecule has 3 aromatic rings. The molecule has 1 fully saturated rings. The molecule has 1 saturated heterocycles. The van der Waals surface area contributed by atoms with Crippen LogP contribution in [-0.2, 0) is 6.54 Å². The maximum absolute atomic E-state index is 12.7. The van der Waals surface area contributed by atoms with E-state index in [1.54, 1.807) is 0 Å². The molecule has 2 heterocycles. The van der Waals surface area contributed by atoms with Gasteiger partial charge >= 0.3 is 0 Å². The topological polar surface area (TPSA) is 36.4 Å². The zero-order valence-electron chi connectivity index (χ0n) is 19.7. The Morgan fingerprint density at radius 2 is 1.48 bits per heavy atom. The van der Waals surface area contributed by atoms with E-state index in [2.05, 4.69) is 58.4 Å².